The summed E-state index contributed by atoms with van der Waals surface area (Å²) in [5, 5.41) is 0. The van der Waals surface area contributed by atoms with Crippen LogP contribution in [-0.4, -0.2) is 6.61 Å². The van der Waals surface area contributed by atoms with Gasteiger partial charge >= 0.3 is 0 Å². The van der Waals surface area contributed by atoms with Crippen LogP contribution in [0.1, 0.15) is 19.3 Å². The van der Waals surface area contributed by atoms with Gasteiger partial charge < -0.3 is 4.74 Å². The molecule has 0 saturated heterocycles. The van der Waals surface area contributed by atoms with Crippen LogP contribution in [0, 0.1) is 11.3 Å². The van der Waals surface area contributed by atoms with Crippen molar-refractivity contribution in [2.24, 2.45) is 11.3 Å². The van der Waals surface area contributed by atoms with Crippen molar-refractivity contribution in [3.05, 3.63) is 66.7 Å². The molecule has 2 aromatic rings. The number of ether oxygens (including phenoxy) is 1. The first-order valence-electron chi connectivity index (χ1n) is 7.81. The number of rotatable bonds is 4. The molecular formula is C20H20O. The number of benzene rings is 2. The molecule has 0 heterocycles. The minimum Gasteiger partial charge on any atom is -0.492 e. The van der Waals surface area contributed by atoms with Crippen molar-refractivity contribution in [1.29, 1.82) is 0 Å². The van der Waals surface area contributed by atoms with Gasteiger partial charge in [-0.1, -0.05) is 60.7 Å². The normalized spacial score (nSPS) is 26.2. The molecule has 2 unspecified atom stereocenters. The highest BCUT2D eigenvalue weighted by Gasteiger charge is 2.41. The van der Waals surface area contributed by atoms with Crippen molar-refractivity contribution in [2.45, 2.75) is 19.3 Å². The molecule has 2 atom stereocenters. The van der Waals surface area contributed by atoms with Gasteiger partial charge in [0.1, 0.15) is 5.75 Å². The number of hydrogen-bond acceptors (Lipinski definition) is 1. The third-order valence-electron chi connectivity index (χ3n) is 4.89. The Morgan fingerprint density at radius 2 is 1.81 bits per heavy atom. The fraction of sp³-hybridized carbons (Fsp3) is 0.300. The Morgan fingerprint density at radius 1 is 1.00 bits per heavy atom. The van der Waals surface area contributed by atoms with Crippen LogP contribution in [-0.2, 0) is 0 Å². The lowest BCUT2D eigenvalue weighted by Crippen LogP contribution is -2.21. The Bertz CT molecular complexity index is 659. The van der Waals surface area contributed by atoms with Crippen LogP contribution in [0.15, 0.2) is 66.7 Å². The maximum Gasteiger partial charge on any atom is 0.127 e. The first kappa shape index (κ1) is 12.7. The van der Waals surface area contributed by atoms with E-state index in [1.807, 2.05) is 6.07 Å². The first-order valence-corrected chi connectivity index (χ1v) is 7.81. The molecule has 1 nitrogen and oxygen atoms in total. The molecule has 21 heavy (non-hydrogen) atoms. The number of fused-ring (bicyclic) bond motifs is 2. The van der Waals surface area contributed by atoms with Crippen molar-refractivity contribution >= 4 is 0 Å². The predicted molar refractivity (Wildman–Crippen MR) is 86.3 cm³/mol. The molecule has 106 valence electrons. The maximum absolute atomic E-state index is 6.25. The van der Waals surface area contributed by atoms with E-state index in [1.165, 1.54) is 30.4 Å². The van der Waals surface area contributed by atoms with E-state index in [9.17, 15) is 0 Å². The van der Waals surface area contributed by atoms with Crippen molar-refractivity contribution in [3.63, 3.8) is 0 Å². The monoisotopic (exact) mass is 276 g/mol. The molecule has 1 saturated carbocycles. The van der Waals surface area contributed by atoms with E-state index >= 15 is 0 Å². The summed E-state index contributed by atoms with van der Waals surface area (Å²) in [4.78, 5) is 0. The van der Waals surface area contributed by atoms with Crippen LogP contribution in [0.5, 0.6) is 5.75 Å². The summed E-state index contributed by atoms with van der Waals surface area (Å²) < 4.78 is 6.25. The average molecular weight is 276 g/mol. The largest absolute Gasteiger partial charge is 0.492 e. The average Bonchev–Trinajstić information content (AvgIpc) is 3.15. The zero-order valence-electron chi connectivity index (χ0n) is 12.2. The molecule has 0 amide bonds. The highest BCUT2D eigenvalue weighted by molar-refractivity contribution is 5.70. The van der Waals surface area contributed by atoms with E-state index in [0.29, 0.717) is 5.41 Å². The molecule has 1 heteroatoms. The fourth-order valence-corrected chi connectivity index (χ4v) is 3.70. The highest BCUT2D eigenvalue weighted by Crippen LogP contribution is 2.49. The van der Waals surface area contributed by atoms with Crippen molar-refractivity contribution in [2.75, 3.05) is 6.61 Å². The Hall–Kier alpha value is -2.02. The molecule has 0 aliphatic heterocycles. The molecular weight excluding hydrogens is 256 g/mol. The van der Waals surface area contributed by atoms with Gasteiger partial charge in [0.25, 0.3) is 0 Å². The van der Waals surface area contributed by atoms with Crippen LogP contribution in [0.2, 0.25) is 0 Å². The lowest BCUT2D eigenvalue weighted by molar-refractivity contribution is 0.198. The number of allylic oxidation sites excluding steroid dienone is 1. The van der Waals surface area contributed by atoms with Crippen molar-refractivity contribution in [3.8, 4) is 16.9 Å². The molecule has 1 fully saturated rings. The van der Waals surface area contributed by atoms with Crippen molar-refractivity contribution < 1.29 is 4.74 Å². The van der Waals surface area contributed by atoms with E-state index in [1.54, 1.807) is 0 Å². The van der Waals surface area contributed by atoms with E-state index in [0.717, 1.165) is 18.3 Å². The van der Waals surface area contributed by atoms with Gasteiger partial charge in [0.2, 0.25) is 0 Å². The Morgan fingerprint density at radius 3 is 2.52 bits per heavy atom. The Balaban J connectivity index is 1.57. The van der Waals surface area contributed by atoms with Gasteiger partial charge in [-0.3, -0.25) is 0 Å². The van der Waals surface area contributed by atoms with Gasteiger partial charge in [-0.05, 0) is 36.8 Å². The molecule has 0 aromatic heterocycles. The van der Waals surface area contributed by atoms with Crippen LogP contribution < -0.4 is 4.74 Å². The van der Waals surface area contributed by atoms with Crippen LogP contribution in [0.3, 0.4) is 0 Å². The molecule has 0 spiro atoms. The second-order valence-electron chi connectivity index (χ2n) is 6.38. The van der Waals surface area contributed by atoms with Gasteiger partial charge in [0, 0.05) is 11.0 Å². The zero-order valence-corrected chi connectivity index (χ0v) is 12.2. The minimum absolute atomic E-state index is 0.300. The molecule has 0 radical (unpaired) electrons. The molecule has 0 N–H and O–H groups in total. The Kier molecular flexibility index (Phi) is 3.07. The quantitative estimate of drug-likeness (QED) is 0.707. The smallest absolute Gasteiger partial charge is 0.127 e. The van der Waals surface area contributed by atoms with E-state index in [-0.39, 0.29) is 0 Å². The zero-order chi connectivity index (χ0) is 14.1. The summed E-state index contributed by atoms with van der Waals surface area (Å²) in [6.45, 7) is 0.809. The highest BCUT2D eigenvalue weighted by atomic mass is 16.5. The standard InChI is InChI=1S/C20H20O/c1-2-6-17(7-3-1)18-8-4-5-9-19(18)21-15-20-12-10-16(14-20)11-13-20/h1-10,12,16H,11,13-15H2. The minimum atomic E-state index is 0.300. The third kappa shape index (κ3) is 2.37. The van der Waals surface area contributed by atoms with E-state index < -0.39 is 0 Å². The lowest BCUT2D eigenvalue weighted by atomic mass is 9.89. The molecule has 2 bridgehead atoms. The summed E-state index contributed by atoms with van der Waals surface area (Å²) >= 11 is 0. The number of para-hydroxylation sites is 1. The van der Waals surface area contributed by atoms with Crippen LogP contribution in [0.4, 0.5) is 0 Å². The van der Waals surface area contributed by atoms with Crippen LogP contribution >= 0.6 is 0 Å². The fourth-order valence-electron chi connectivity index (χ4n) is 3.70. The summed E-state index contributed by atoms with van der Waals surface area (Å²) in [6.07, 6.45) is 8.67. The van der Waals surface area contributed by atoms with Crippen molar-refractivity contribution in [1.82, 2.24) is 0 Å². The maximum atomic E-state index is 6.25. The number of hydrogen-bond donors (Lipinski definition) is 0. The first-order chi connectivity index (χ1) is 10.3. The lowest BCUT2D eigenvalue weighted by Gasteiger charge is -2.24. The van der Waals surface area contributed by atoms with E-state index in [2.05, 4.69) is 60.7 Å². The van der Waals surface area contributed by atoms with Gasteiger partial charge in [-0.15, -0.1) is 0 Å². The third-order valence-corrected chi connectivity index (χ3v) is 4.89. The molecule has 2 aliphatic carbocycles. The van der Waals surface area contributed by atoms with Gasteiger partial charge in [0.15, 0.2) is 0 Å². The predicted octanol–water partition coefficient (Wildman–Crippen LogP) is 5.09. The Labute approximate surface area is 126 Å². The summed E-state index contributed by atoms with van der Waals surface area (Å²) in [7, 11) is 0. The van der Waals surface area contributed by atoms with Gasteiger partial charge in [-0.2, -0.15) is 0 Å². The molecule has 2 aromatic carbocycles. The van der Waals surface area contributed by atoms with Gasteiger partial charge in [-0.25, -0.2) is 0 Å². The van der Waals surface area contributed by atoms with E-state index in [4.69, 9.17) is 4.74 Å². The summed E-state index contributed by atoms with van der Waals surface area (Å²) in [5.41, 5.74) is 2.71. The summed E-state index contributed by atoms with van der Waals surface area (Å²) in [5.74, 6) is 1.81. The molecule has 4 rings (SSSR count). The summed E-state index contributed by atoms with van der Waals surface area (Å²) in [6, 6.07) is 18.8. The van der Waals surface area contributed by atoms with Gasteiger partial charge in [0.05, 0.1) is 6.61 Å². The van der Waals surface area contributed by atoms with Crippen LogP contribution in [0.25, 0.3) is 11.1 Å². The SMILES string of the molecule is C1=CC2(COc3ccccc3-c3ccccc3)CCC1C2. The second-order valence-corrected chi connectivity index (χ2v) is 6.38. The topological polar surface area (TPSA) is 9.23 Å². The molecule has 2 aliphatic rings. The second kappa shape index (κ2) is 5.07.